The Bertz CT molecular complexity index is 643. The molecule has 1 atom stereocenters. The monoisotopic (exact) mass is 311 g/mol. The van der Waals surface area contributed by atoms with E-state index in [4.69, 9.17) is 4.84 Å². The van der Waals surface area contributed by atoms with E-state index in [1.165, 1.54) is 0 Å². The van der Waals surface area contributed by atoms with E-state index in [0.29, 0.717) is 12.4 Å². The van der Waals surface area contributed by atoms with Crippen LogP contribution in [0.1, 0.15) is 24.0 Å². The van der Waals surface area contributed by atoms with Crippen LogP contribution in [0, 0.1) is 6.92 Å². The van der Waals surface area contributed by atoms with Gasteiger partial charge in [0.15, 0.2) is 0 Å². The second kappa shape index (κ2) is 7.35. The molecule has 120 valence electrons. The van der Waals surface area contributed by atoms with Gasteiger partial charge in [-0.05, 0) is 37.0 Å². The summed E-state index contributed by atoms with van der Waals surface area (Å²) >= 11 is 0. The Hall–Kier alpha value is -2.24. The van der Waals surface area contributed by atoms with Gasteiger partial charge in [0.05, 0.1) is 6.61 Å². The number of nitrogens with one attached hydrogen (secondary N) is 1. The van der Waals surface area contributed by atoms with E-state index in [9.17, 15) is 4.79 Å². The third-order valence-electron chi connectivity index (χ3n) is 3.91. The Morgan fingerprint density at radius 1 is 1.30 bits per heavy atom. The molecule has 1 aromatic heterocycles. The zero-order chi connectivity index (χ0) is 16.1. The third kappa shape index (κ3) is 4.15. The van der Waals surface area contributed by atoms with E-state index >= 15 is 0 Å². The van der Waals surface area contributed by atoms with Crippen molar-refractivity contribution in [2.24, 2.45) is 0 Å². The Labute approximate surface area is 136 Å². The molecule has 1 fully saturated rings. The van der Waals surface area contributed by atoms with Crippen molar-refractivity contribution in [3.8, 4) is 0 Å². The molecule has 1 aliphatic rings. The molecular formula is C18H21N3O2. The highest BCUT2D eigenvalue weighted by Gasteiger charge is 2.31. The molecular weight excluding hydrogens is 290 g/mol. The summed E-state index contributed by atoms with van der Waals surface area (Å²) < 4.78 is 0. The average Bonchev–Trinajstić information content (AvgIpc) is 3.05. The number of carbonyl (C=O) groups is 1. The fourth-order valence-corrected chi connectivity index (χ4v) is 2.64. The SMILES string of the molecule is Cc1ccc(NC(=O)C2CCCN2OCc2ccccc2)nc1. The number of hydrogen-bond acceptors (Lipinski definition) is 4. The number of aromatic nitrogens is 1. The van der Waals surface area contributed by atoms with E-state index in [1.54, 1.807) is 11.3 Å². The number of hydrogen-bond donors (Lipinski definition) is 1. The zero-order valence-corrected chi connectivity index (χ0v) is 13.2. The van der Waals surface area contributed by atoms with E-state index in [0.717, 1.165) is 30.5 Å². The van der Waals surface area contributed by atoms with Crippen molar-refractivity contribution in [3.63, 3.8) is 0 Å². The summed E-state index contributed by atoms with van der Waals surface area (Å²) in [6, 6.07) is 13.5. The summed E-state index contributed by atoms with van der Waals surface area (Å²) in [4.78, 5) is 22.5. The molecule has 0 aliphatic carbocycles. The number of carbonyl (C=O) groups excluding carboxylic acids is 1. The van der Waals surface area contributed by atoms with Crippen LogP contribution < -0.4 is 5.32 Å². The van der Waals surface area contributed by atoms with Crippen LogP contribution in [0.4, 0.5) is 5.82 Å². The summed E-state index contributed by atoms with van der Waals surface area (Å²) in [5, 5.41) is 4.66. The van der Waals surface area contributed by atoms with E-state index in [1.807, 2.05) is 49.4 Å². The summed E-state index contributed by atoms with van der Waals surface area (Å²) in [6.45, 7) is 3.22. The number of amides is 1. The number of pyridine rings is 1. The van der Waals surface area contributed by atoms with Crippen LogP contribution in [0.2, 0.25) is 0 Å². The topological polar surface area (TPSA) is 54.5 Å². The third-order valence-corrected chi connectivity index (χ3v) is 3.91. The summed E-state index contributed by atoms with van der Waals surface area (Å²) in [7, 11) is 0. The lowest BCUT2D eigenvalue weighted by Crippen LogP contribution is -2.39. The van der Waals surface area contributed by atoms with Crippen LogP contribution in [0.15, 0.2) is 48.7 Å². The van der Waals surface area contributed by atoms with Crippen LogP contribution in [-0.2, 0) is 16.2 Å². The van der Waals surface area contributed by atoms with Gasteiger partial charge in [-0.2, -0.15) is 5.06 Å². The molecule has 2 aromatic rings. The fourth-order valence-electron chi connectivity index (χ4n) is 2.64. The van der Waals surface area contributed by atoms with Crippen LogP contribution in [0.5, 0.6) is 0 Å². The molecule has 1 unspecified atom stereocenters. The van der Waals surface area contributed by atoms with Gasteiger partial charge in [0, 0.05) is 12.7 Å². The van der Waals surface area contributed by atoms with Crippen LogP contribution in [-0.4, -0.2) is 28.5 Å². The maximum Gasteiger partial charge on any atom is 0.245 e. The smallest absolute Gasteiger partial charge is 0.245 e. The second-order valence-corrected chi connectivity index (χ2v) is 5.77. The summed E-state index contributed by atoms with van der Waals surface area (Å²) in [6.07, 6.45) is 3.49. The largest absolute Gasteiger partial charge is 0.309 e. The molecule has 0 radical (unpaired) electrons. The molecule has 1 aromatic carbocycles. The number of benzene rings is 1. The first kappa shape index (κ1) is 15.6. The van der Waals surface area contributed by atoms with Crippen molar-refractivity contribution in [1.82, 2.24) is 10.0 Å². The predicted octanol–water partition coefficient (Wildman–Crippen LogP) is 2.92. The Kier molecular flexibility index (Phi) is 5.00. The van der Waals surface area contributed by atoms with Gasteiger partial charge in [0.1, 0.15) is 11.9 Å². The lowest BCUT2D eigenvalue weighted by atomic mass is 10.2. The van der Waals surface area contributed by atoms with Gasteiger partial charge >= 0.3 is 0 Å². The number of anilines is 1. The minimum absolute atomic E-state index is 0.0630. The lowest BCUT2D eigenvalue weighted by molar-refractivity contribution is -0.182. The molecule has 5 heteroatoms. The Morgan fingerprint density at radius 3 is 2.87 bits per heavy atom. The van der Waals surface area contributed by atoms with Crippen LogP contribution in [0.25, 0.3) is 0 Å². The number of nitrogens with zero attached hydrogens (tertiary/aromatic N) is 2. The van der Waals surface area contributed by atoms with Gasteiger partial charge in [-0.25, -0.2) is 4.98 Å². The Balaban J connectivity index is 1.57. The number of rotatable bonds is 5. The van der Waals surface area contributed by atoms with Crippen LogP contribution >= 0.6 is 0 Å². The van der Waals surface area contributed by atoms with Crippen molar-refractivity contribution >= 4 is 11.7 Å². The van der Waals surface area contributed by atoms with Gasteiger partial charge < -0.3 is 5.32 Å². The van der Waals surface area contributed by atoms with Crippen molar-refractivity contribution in [2.75, 3.05) is 11.9 Å². The maximum absolute atomic E-state index is 12.4. The van der Waals surface area contributed by atoms with Crippen molar-refractivity contribution in [3.05, 3.63) is 59.8 Å². The van der Waals surface area contributed by atoms with E-state index < -0.39 is 0 Å². The number of hydroxylamine groups is 2. The first-order chi connectivity index (χ1) is 11.2. The number of aryl methyl sites for hydroxylation is 1. The predicted molar refractivity (Wildman–Crippen MR) is 88.6 cm³/mol. The first-order valence-corrected chi connectivity index (χ1v) is 7.89. The molecule has 3 rings (SSSR count). The summed E-state index contributed by atoms with van der Waals surface area (Å²) in [5.41, 5.74) is 2.16. The average molecular weight is 311 g/mol. The molecule has 0 spiro atoms. The zero-order valence-electron chi connectivity index (χ0n) is 13.2. The highest BCUT2D eigenvalue weighted by atomic mass is 16.7. The minimum atomic E-state index is -0.262. The van der Waals surface area contributed by atoms with Gasteiger partial charge in [-0.15, -0.1) is 0 Å². The first-order valence-electron chi connectivity index (χ1n) is 7.89. The van der Waals surface area contributed by atoms with Crippen molar-refractivity contribution < 1.29 is 9.63 Å². The highest BCUT2D eigenvalue weighted by molar-refractivity contribution is 5.94. The second-order valence-electron chi connectivity index (χ2n) is 5.77. The molecule has 1 saturated heterocycles. The maximum atomic E-state index is 12.4. The molecule has 1 amide bonds. The molecule has 0 bridgehead atoms. The normalized spacial score (nSPS) is 18.0. The van der Waals surface area contributed by atoms with Gasteiger partial charge in [0.25, 0.3) is 0 Å². The molecule has 5 nitrogen and oxygen atoms in total. The van der Waals surface area contributed by atoms with Crippen molar-refractivity contribution in [2.45, 2.75) is 32.4 Å². The van der Waals surface area contributed by atoms with E-state index in [2.05, 4.69) is 10.3 Å². The van der Waals surface area contributed by atoms with E-state index in [-0.39, 0.29) is 11.9 Å². The van der Waals surface area contributed by atoms with Gasteiger partial charge in [-0.1, -0.05) is 36.4 Å². The molecule has 0 saturated carbocycles. The molecule has 23 heavy (non-hydrogen) atoms. The van der Waals surface area contributed by atoms with Crippen LogP contribution in [0.3, 0.4) is 0 Å². The molecule has 2 heterocycles. The fraction of sp³-hybridized carbons (Fsp3) is 0.333. The lowest BCUT2D eigenvalue weighted by Gasteiger charge is -2.23. The van der Waals surface area contributed by atoms with Crippen molar-refractivity contribution in [1.29, 1.82) is 0 Å². The standard InChI is InChI=1S/C18H21N3O2/c1-14-9-10-17(19-12-14)20-18(22)16-8-5-11-21(16)23-13-15-6-3-2-4-7-15/h2-4,6-7,9-10,12,16H,5,8,11,13H2,1H3,(H,19,20,22). The Morgan fingerprint density at radius 2 is 2.13 bits per heavy atom. The molecule has 1 N–H and O–H groups in total. The minimum Gasteiger partial charge on any atom is -0.309 e. The quantitative estimate of drug-likeness (QED) is 0.922. The molecule has 1 aliphatic heterocycles. The van der Waals surface area contributed by atoms with Gasteiger partial charge in [-0.3, -0.25) is 9.63 Å². The highest BCUT2D eigenvalue weighted by Crippen LogP contribution is 2.20. The summed E-state index contributed by atoms with van der Waals surface area (Å²) in [5.74, 6) is 0.516. The van der Waals surface area contributed by atoms with Gasteiger partial charge in [0.2, 0.25) is 5.91 Å².